The van der Waals surface area contributed by atoms with Gasteiger partial charge in [0.05, 0.1) is 35.0 Å². The topological polar surface area (TPSA) is 46.3 Å². The summed E-state index contributed by atoms with van der Waals surface area (Å²) in [5.74, 6) is 2.70. The van der Waals surface area contributed by atoms with Gasteiger partial charge >= 0.3 is 0 Å². The predicted molar refractivity (Wildman–Crippen MR) is 150 cm³/mol. The molecule has 1 aliphatic heterocycles. The third-order valence-corrected chi connectivity index (χ3v) is 9.69. The maximum Gasteiger partial charge on any atom is 0.0831 e. The molecule has 38 heavy (non-hydrogen) atoms. The maximum absolute atomic E-state index is 5.14. The summed E-state index contributed by atoms with van der Waals surface area (Å²) in [6.07, 6.45) is 11.2. The smallest absolute Gasteiger partial charge is 0.0831 e. The first-order valence-electron chi connectivity index (χ1n) is 14.2. The highest BCUT2D eigenvalue weighted by Crippen LogP contribution is 2.60. The van der Waals surface area contributed by atoms with Crippen molar-refractivity contribution in [2.75, 3.05) is 5.01 Å². The van der Waals surface area contributed by atoms with Gasteiger partial charge in [0.15, 0.2) is 0 Å². The van der Waals surface area contributed by atoms with Gasteiger partial charge in [-0.05, 0) is 91.7 Å². The van der Waals surface area contributed by atoms with Crippen LogP contribution in [0, 0.1) is 17.8 Å². The molecule has 0 amide bonds. The Morgan fingerprint density at radius 2 is 1.32 bits per heavy atom. The van der Waals surface area contributed by atoms with E-state index in [2.05, 4.69) is 111 Å². The van der Waals surface area contributed by atoms with Crippen LogP contribution in [0.25, 0.3) is 5.69 Å². The second kappa shape index (κ2) is 8.65. The fourth-order valence-electron chi connectivity index (χ4n) is 8.45. The van der Waals surface area contributed by atoms with E-state index < -0.39 is 0 Å². The SMILES string of the molecule is c1ccc([C@H]2CC(c3ccc(-n4nncc4C45CC6CC(CC(C6)C4)C5)cc3)=NN2c2ccccc2)cc1. The number of para-hydroxylation sites is 1. The van der Waals surface area contributed by atoms with Crippen molar-refractivity contribution in [2.45, 2.75) is 56.4 Å². The Hall–Kier alpha value is -3.73. The van der Waals surface area contributed by atoms with Gasteiger partial charge in [0, 0.05) is 11.8 Å². The largest absolute Gasteiger partial charge is 0.257 e. The molecule has 5 heteroatoms. The minimum Gasteiger partial charge on any atom is -0.257 e. The Bertz CT molecular complexity index is 1440. The lowest BCUT2D eigenvalue weighted by molar-refractivity contribution is -0.00828. The van der Waals surface area contributed by atoms with Gasteiger partial charge in [-0.15, -0.1) is 5.10 Å². The summed E-state index contributed by atoms with van der Waals surface area (Å²) in [5, 5.41) is 16.3. The van der Waals surface area contributed by atoms with E-state index in [1.54, 1.807) is 0 Å². The number of aromatic nitrogens is 3. The van der Waals surface area contributed by atoms with Crippen molar-refractivity contribution in [3.05, 3.63) is 108 Å². The van der Waals surface area contributed by atoms with E-state index in [0.717, 1.165) is 41.3 Å². The molecule has 5 nitrogen and oxygen atoms in total. The van der Waals surface area contributed by atoms with Crippen molar-refractivity contribution in [3.63, 3.8) is 0 Å². The van der Waals surface area contributed by atoms with E-state index in [1.807, 2.05) is 0 Å². The molecular formula is C33H33N5. The average molecular weight is 500 g/mol. The monoisotopic (exact) mass is 499 g/mol. The number of nitrogens with zero attached hydrogens (tertiary/aromatic N) is 5. The standard InChI is InChI=1S/C33H33N5/c1-3-7-27(8-4-1)31-18-30(35-37(31)28-9-5-2-6-10-28)26-11-13-29(14-12-26)38-32(22-34-36-38)33-19-23-15-24(20-33)17-25(16-23)21-33/h1-14,22-25,31H,15-21H2/t23?,24?,25?,31-,33?/m1/s1. The van der Waals surface area contributed by atoms with E-state index in [0.29, 0.717) is 0 Å². The maximum atomic E-state index is 5.14. The quantitative estimate of drug-likeness (QED) is 0.294. The van der Waals surface area contributed by atoms with E-state index in [-0.39, 0.29) is 11.5 Å². The number of anilines is 1. The molecule has 4 bridgehead atoms. The van der Waals surface area contributed by atoms with Crippen LogP contribution in [0.4, 0.5) is 5.69 Å². The van der Waals surface area contributed by atoms with Gasteiger partial charge < -0.3 is 0 Å². The first kappa shape index (κ1) is 22.3. The minimum absolute atomic E-state index is 0.186. The number of rotatable bonds is 5. The summed E-state index contributed by atoms with van der Waals surface area (Å²) in [6, 6.07) is 30.3. The van der Waals surface area contributed by atoms with Crippen LogP contribution in [0.2, 0.25) is 0 Å². The molecule has 4 fully saturated rings. The third-order valence-electron chi connectivity index (χ3n) is 9.69. The Labute approximate surface area is 224 Å². The predicted octanol–water partition coefficient (Wildman–Crippen LogP) is 7.09. The van der Waals surface area contributed by atoms with E-state index >= 15 is 0 Å². The Morgan fingerprint density at radius 1 is 0.684 bits per heavy atom. The highest BCUT2D eigenvalue weighted by Gasteiger charge is 2.53. The number of hydrogen-bond donors (Lipinski definition) is 0. The normalized spacial score (nSPS) is 29.6. The Kier molecular flexibility index (Phi) is 5.07. The van der Waals surface area contributed by atoms with Crippen molar-refractivity contribution in [2.24, 2.45) is 22.9 Å². The zero-order valence-corrected chi connectivity index (χ0v) is 21.7. The Morgan fingerprint density at radius 3 is 1.97 bits per heavy atom. The van der Waals surface area contributed by atoms with Gasteiger partial charge in [-0.2, -0.15) is 5.10 Å². The molecule has 1 atom stereocenters. The third kappa shape index (κ3) is 3.63. The summed E-state index contributed by atoms with van der Waals surface area (Å²) >= 11 is 0. The van der Waals surface area contributed by atoms with Crippen molar-refractivity contribution in [1.29, 1.82) is 0 Å². The number of hydrazone groups is 1. The van der Waals surface area contributed by atoms with Gasteiger partial charge in [0.25, 0.3) is 0 Å². The lowest BCUT2D eigenvalue weighted by Gasteiger charge is -2.56. The summed E-state index contributed by atoms with van der Waals surface area (Å²) < 4.78 is 2.14. The summed E-state index contributed by atoms with van der Waals surface area (Å²) in [5.41, 5.74) is 7.41. The van der Waals surface area contributed by atoms with Crippen LogP contribution in [0.5, 0.6) is 0 Å². The molecule has 0 radical (unpaired) electrons. The number of benzene rings is 3. The number of hydrogen-bond acceptors (Lipinski definition) is 4. The molecule has 0 N–H and O–H groups in total. The van der Waals surface area contributed by atoms with Crippen LogP contribution in [0.3, 0.4) is 0 Å². The summed E-state index contributed by atoms with van der Waals surface area (Å²) in [4.78, 5) is 0. The van der Waals surface area contributed by atoms with Crippen molar-refractivity contribution < 1.29 is 0 Å². The van der Waals surface area contributed by atoms with Crippen molar-refractivity contribution >= 4 is 11.4 Å². The Balaban J connectivity index is 1.10. The van der Waals surface area contributed by atoms with Crippen LogP contribution in [0.1, 0.15) is 67.8 Å². The molecular weight excluding hydrogens is 466 g/mol. The lowest BCUT2D eigenvalue weighted by atomic mass is 9.49. The molecule has 190 valence electrons. The van der Waals surface area contributed by atoms with E-state index in [1.165, 1.54) is 55.3 Å². The fraction of sp³-hybridized carbons (Fsp3) is 0.364. The van der Waals surface area contributed by atoms with Crippen LogP contribution < -0.4 is 5.01 Å². The fourth-order valence-corrected chi connectivity index (χ4v) is 8.45. The van der Waals surface area contributed by atoms with Crippen LogP contribution >= 0.6 is 0 Å². The minimum atomic E-state index is 0.186. The van der Waals surface area contributed by atoms with Gasteiger partial charge in [0.2, 0.25) is 0 Å². The van der Waals surface area contributed by atoms with Crippen LogP contribution in [-0.2, 0) is 5.41 Å². The molecule has 0 spiro atoms. The van der Waals surface area contributed by atoms with Crippen LogP contribution in [-0.4, -0.2) is 20.7 Å². The van der Waals surface area contributed by atoms with Gasteiger partial charge in [0.1, 0.15) is 0 Å². The van der Waals surface area contributed by atoms with Crippen LogP contribution in [0.15, 0.2) is 96.2 Å². The molecule has 2 heterocycles. The average Bonchev–Trinajstić information content (AvgIpc) is 3.62. The molecule has 9 rings (SSSR count). The van der Waals surface area contributed by atoms with Crippen molar-refractivity contribution in [3.8, 4) is 5.69 Å². The molecule has 1 aromatic heterocycles. The molecule has 4 aliphatic carbocycles. The molecule has 0 saturated heterocycles. The highest BCUT2D eigenvalue weighted by molar-refractivity contribution is 6.03. The lowest BCUT2D eigenvalue weighted by Crippen LogP contribution is -2.49. The molecule has 4 aromatic rings. The zero-order chi connectivity index (χ0) is 25.1. The first-order valence-corrected chi connectivity index (χ1v) is 14.2. The highest BCUT2D eigenvalue weighted by atomic mass is 15.5. The van der Waals surface area contributed by atoms with E-state index in [4.69, 9.17) is 5.10 Å². The van der Waals surface area contributed by atoms with Gasteiger partial charge in [-0.3, -0.25) is 5.01 Å². The summed E-state index contributed by atoms with van der Waals surface area (Å²) in [6.45, 7) is 0. The zero-order valence-electron chi connectivity index (χ0n) is 21.7. The first-order chi connectivity index (χ1) is 18.7. The molecule has 3 aromatic carbocycles. The van der Waals surface area contributed by atoms with Gasteiger partial charge in [-0.25, -0.2) is 4.68 Å². The van der Waals surface area contributed by atoms with Crippen molar-refractivity contribution in [1.82, 2.24) is 15.0 Å². The molecule has 4 saturated carbocycles. The van der Waals surface area contributed by atoms with Gasteiger partial charge in [-0.1, -0.05) is 65.9 Å². The summed E-state index contributed by atoms with van der Waals surface area (Å²) in [7, 11) is 0. The van der Waals surface area contributed by atoms with E-state index in [9.17, 15) is 0 Å². The second-order valence-electron chi connectivity index (χ2n) is 12.1. The second-order valence-corrected chi connectivity index (χ2v) is 12.1. The molecule has 0 unspecified atom stereocenters. The molecule has 5 aliphatic rings.